The van der Waals surface area contributed by atoms with E-state index in [9.17, 15) is 9.59 Å². The minimum Gasteiger partial charge on any atom is -0.327 e. The topological polar surface area (TPSA) is 82.0 Å². The van der Waals surface area contributed by atoms with E-state index in [2.05, 4.69) is 10.6 Å². The Kier molecular flexibility index (Phi) is 3.34. The van der Waals surface area contributed by atoms with Gasteiger partial charge in [0.25, 0.3) is 0 Å². The van der Waals surface area contributed by atoms with E-state index in [-0.39, 0.29) is 11.8 Å². The normalized spacial score (nSPS) is 18.4. The first kappa shape index (κ1) is 12.8. The highest BCUT2D eigenvalue weighted by Gasteiger charge is 2.28. The molecule has 2 N–H and O–H groups in total. The smallest absolute Gasteiger partial charge is 0.319 e. The van der Waals surface area contributed by atoms with Crippen molar-refractivity contribution < 1.29 is 9.59 Å². The second-order valence-corrected chi connectivity index (χ2v) is 4.36. The van der Waals surface area contributed by atoms with E-state index in [1.807, 2.05) is 6.07 Å². The third kappa shape index (κ3) is 2.47. The van der Waals surface area contributed by atoms with Gasteiger partial charge < -0.3 is 10.6 Å². The molecule has 0 fully saturated rings. The van der Waals surface area contributed by atoms with Crippen LogP contribution in [0.2, 0.25) is 0 Å². The van der Waals surface area contributed by atoms with E-state index in [4.69, 9.17) is 5.26 Å². The van der Waals surface area contributed by atoms with Crippen molar-refractivity contribution in [3.63, 3.8) is 0 Å². The van der Waals surface area contributed by atoms with Crippen LogP contribution in [-0.2, 0) is 4.79 Å². The average molecular weight is 255 g/mol. The molecule has 2 amide bonds. The summed E-state index contributed by atoms with van der Waals surface area (Å²) in [5.74, 6) is -0.0978. The molecule has 1 aliphatic heterocycles. The van der Waals surface area contributed by atoms with Gasteiger partial charge in [0.15, 0.2) is 5.78 Å². The van der Waals surface area contributed by atoms with Crippen molar-refractivity contribution in [2.75, 3.05) is 0 Å². The van der Waals surface area contributed by atoms with Crippen molar-refractivity contribution in [3.05, 3.63) is 46.7 Å². The van der Waals surface area contributed by atoms with E-state index in [1.165, 1.54) is 6.92 Å². The molecule has 1 unspecified atom stereocenters. The van der Waals surface area contributed by atoms with Crippen LogP contribution in [0.5, 0.6) is 0 Å². The number of benzene rings is 1. The standard InChI is InChI=1S/C14H13N3O2/c1-8-12(9(2)18)13(17-14(19)16-8)11-5-3-10(7-15)4-6-11/h3-6,13H,1-2H3,(H2,16,17,19). The summed E-state index contributed by atoms with van der Waals surface area (Å²) in [6.07, 6.45) is 0. The van der Waals surface area contributed by atoms with Crippen molar-refractivity contribution in [2.24, 2.45) is 0 Å². The Hall–Kier alpha value is -2.61. The molecule has 0 radical (unpaired) electrons. The van der Waals surface area contributed by atoms with Crippen LogP contribution in [0, 0.1) is 11.3 Å². The van der Waals surface area contributed by atoms with Crippen molar-refractivity contribution in [1.82, 2.24) is 10.6 Å². The highest BCUT2D eigenvalue weighted by Crippen LogP contribution is 2.27. The minimum atomic E-state index is -0.473. The zero-order chi connectivity index (χ0) is 14.0. The van der Waals surface area contributed by atoms with Crippen LogP contribution in [0.3, 0.4) is 0 Å². The van der Waals surface area contributed by atoms with Crippen LogP contribution < -0.4 is 10.6 Å². The van der Waals surface area contributed by atoms with Crippen molar-refractivity contribution in [1.29, 1.82) is 5.26 Å². The number of amides is 2. The molecule has 1 aromatic rings. The second kappa shape index (κ2) is 4.94. The van der Waals surface area contributed by atoms with Crippen LogP contribution in [-0.4, -0.2) is 11.8 Å². The van der Waals surface area contributed by atoms with Gasteiger partial charge in [-0.1, -0.05) is 12.1 Å². The molecule has 0 aliphatic carbocycles. The molecule has 1 aliphatic rings. The third-order valence-corrected chi connectivity index (χ3v) is 3.02. The molecule has 5 heteroatoms. The number of rotatable bonds is 2. The summed E-state index contributed by atoms with van der Waals surface area (Å²) in [7, 11) is 0. The molecule has 1 heterocycles. The monoisotopic (exact) mass is 255 g/mol. The van der Waals surface area contributed by atoms with Crippen LogP contribution in [0.4, 0.5) is 4.79 Å². The molecule has 1 atom stereocenters. The third-order valence-electron chi connectivity index (χ3n) is 3.02. The summed E-state index contributed by atoms with van der Waals surface area (Å²) >= 11 is 0. The van der Waals surface area contributed by atoms with Gasteiger partial charge in [0, 0.05) is 11.3 Å². The van der Waals surface area contributed by atoms with Crippen molar-refractivity contribution in [2.45, 2.75) is 19.9 Å². The lowest BCUT2D eigenvalue weighted by atomic mass is 9.92. The maximum Gasteiger partial charge on any atom is 0.319 e. The summed E-state index contributed by atoms with van der Waals surface area (Å²) in [4.78, 5) is 23.2. The Morgan fingerprint density at radius 3 is 2.47 bits per heavy atom. The second-order valence-electron chi connectivity index (χ2n) is 4.36. The average Bonchev–Trinajstić information content (AvgIpc) is 2.37. The number of hydrogen-bond donors (Lipinski definition) is 2. The van der Waals surface area contributed by atoms with Gasteiger partial charge in [-0.15, -0.1) is 0 Å². The molecule has 1 aromatic carbocycles. The van der Waals surface area contributed by atoms with Gasteiger partial charge in [-0.2, -0.15) is 5.26 Å². The molecule has 96 valence electrons. The van der Waals surface area contributed by atoms with E-state index >= 15 is 0 Å². The number of allylic oxidation sites excluding steroid dienone is 1. The lowest BCUT2D eigenvalue weighted by Crippen LogP contribution is -2.44. The fraction of sp³-hybridized carbons (Fsp3) is 0.214. The SMILES string of the molecule is CC(=O)C1=C(C)NC(=O)NC1c1ccc(C#N)cc1. The van der Waals surface area contributed by atoms with E-state index in [1.54, 1.807) is 31.2 Å². The number of hydrogen-bond acceptors (Lipinski definition) is 3. The van der Waals surface area contributed by atoms with Gasteiger partial charge in [0.05, 0.1) is 17.7 Å². The van der Waals surface area contributed by atoms with Gasteiger partial charge in [-0.3, -0.25) is 4.79 Å². The number of nitrogens with one attached hydrogen (secondary N) is 2. The van der Waals surface area contributed by atoms with E-state index in [0.717, 1.165) is 5.56 Å². The Morgan fingerprint density at radius 1 is 1.32 bits per heavy atom. The lowest BCUT2D eigenvalue weighted by Gasteiger charge is -2.28. The van der Waals surface area contributed by atoms with Gasteiger partial charge in [-0.25, -0.2) is 4.79 Å². The molecule has 0 saturated carbocycles. The maximum atomic E-state index is 11.7. The van der Waals surface area contributed by atoms with Gasteiger partial charge in [-0.05, 0) is 31.5 Å². The molecule has 0 spiro atoms. The predicted octanol–water partition coefficient (Wildman–Crippen LogP) is 1.78. The summed E-state index contributed by atoms with van der Waals surface area (Å²) in [5, 5.41) is 14.1. The summed E-state index contributed by atoms with van der Waals surface area (Å²) in [6.45, 7) is 3.17. The Labute approximate surface area is 110 Å². The largest absolute Gasteiger partial charge is 0.327 e. The first-order chi connectivity index (χ1) is 9.02. The number of carbonyl (C=O) groups is 2. The molecule has 5 nitrogen and oxygen atoms in total. The highest BCUT2D eigenvalue weighted by molar-refractivity contribution is 5.98. The molecular formula is C14H13N3O2. The first-order valence-electron chi connectivity index (χ1n) is 5.82. The molecular weight excluding hydrogens is 242 g/mol. The molecule has 0 saturated heterocycles. The fourth-order valence-electron chi connectivity index (χ4n) is 2.16. The summed E-state index contributed by atoms with van der Waals surface area (Å²) in [6, 6.07) is 8.03. The zero-order valence-corrected chi connectivity index (χ0v) is 10.7. The number of ketones is 1. The summed E-state index contributed by atoms with van der Waals surface area (Å²) < 4.78 is 0. The van der Waals surface area contributed by atoms with Crippen LogP contribution in [0.15, 0.2) is 35.5 Å². The lowest BCUT2D eigenvalue weighted by molar-refractivity contribution is -0.114. The minimum absolute atomic E-state index is 0.0978. The van der Waals surface area contributed by atoms with Crippen LogP contribution in [0.1, 0.15) is 31.0 Å². The predicted molar refractivity (Wildman–Crippen MR) is 68.9 cm³/mol. The van der Waals surface area contributed by atoms with Crippen LogP contribution in [0.25, 0.3) is 0 Å². The summed E-state index contributed by atoms with van der Waals surface area (Å²) in [5.41, 5.74) is 2.41. The quantitative estimate of drug-likeness (QED) is 0.845. The Balaban J connectivity index is 2.46. The number of Topliss-reactive ketones (excluding diaryl/α,β-unsaturated/α-hetero) is 1. The van der Waals surface area contributed by atoms with E-state index < -0.39 is 6.04 Å². The fourth-order valence-corrected chi connectivity index (χ4v) is 2.16. The molecule has 0 aromatic heterocycles. The number of carbonyl (C=O) groups excluding carboxylic acids is 2. The zero-order valence-electron chi connectivity index (χ0n) is 10.7. The Morgan fingerprint density at radius 2 is 1.95 bits per heavy atom. The van der Waals surface area contributed by atoms with Crippen molar-refractivity contribution in [3.8, 4) is 6.07 Å². The molecule has 2 rings (SSSR count). The van der Waals surface area contributed by atoms with Gasteiger partial charge >= 0.3 is 6.03 Å². The van der Waals surface area contributed by atoms with Crippen LogP contribution >= 0.6 is 0 Å². The van der Waals surface area contributed by atoms with Gasteiger partial charge in [0.2, 0.25) is 0 Å². The first-order valence-corrected chi connectivity index (χ1v) is 5.82. The molecule has 19 heavy (non-hydrogen) atoms. The highest BCUT2D eigenvalue weighted by atomic mass is 16.2. The maximum absolute atomic E-state index is 11.7. The number of urea groups is 1. The van der Waals surface area contributed by atoms with Gasteiger partial charge in [0.1, 0.15) is 0 Å². The number of nitrogens with zero attached hydrogens (tertiary/aromatic N) is 1. The molecule has 0 bridgehead atoms. The van der Waals surface area contributed by atoms with Crippen molar-refractivity contribution >= 4 is 11.8 Å². The Bertz CT molecular complexity index is 609. The number of nitriles is 1. The van der Waals surface area contributed by atoms with E-state index in [0.29, 0.717) is 16.8 Å².